The Morgan fingerprint density at radius 1 is 1.00 bits per heavy atom. The standard InChI is InChI=1S/C17H33NO3/c1-15-6-8-17(9-7-15,14-18-16-4-5-16)21-11-3-10-20-13-12-19-2/h15-16,18H,3-14H2,1-2H3. The Bertz CT molecular complexity index is 273. The zero-order chi connectivity index (χ0) is 15.0. The third-order valence-corrected chi connectivity index (χ3v) is 4.75. The number of hydrogen-bond acceptors (Lipinski definition) is 4. The molecule has 0 aromatic heterocycles. The molecule has 0 amide bonds. The first-order chi connectivity index (χ1) is 10.2. The second-order valence-electron chi connectivity index (χ2n) is 6.83. The Kier molecular flexibility index (Phi) is 7.44. The molecule has 2 saturated carbocycles. The van der Waals surface area contributed by atoms with Gasteiger partial charge in [0.25, 0.3) is 0 Å². The van der Waals surface area contributed by atoms with Gasteiger partial charge in [0.2, 0.25) is 0 Å². The molecule has 0 saturated heterocycles. The van der Waals surface area contributed by atoms with Crippen LogP contribution in [0.25, 0.3) is 0 Å². The van der Waals surface area contributed by atoms with Crippen molar-refractivity contribution >= 4 is 0 Å². The van der Waals surface area contributed by atoms with Crippen LogP contribution >= 0.6 is 0 Å². The average molecular weight is 299 g/mol. The summed E-state index contributed by atoms with van der Waals surface area (Å²) in [7, 11) is 1.70. The molecule has 0 radical (unpaired) electrons. The van der Waals surface area contributed by atoms with Gasteiger partial charge in [0.05, 0.1) is 18.8 Å². The Morgan fingerprint density at radius 2 is 1.76 bits per heavy atom. The SMILES string of the molecule is COCCOCCCOC1(CNC2CC2)CCC(C)CC1. The maximum Gasteiger partial charge on any atom is 0.0806 e. The number of methoxy groups -OCH3 is 1. The lowest BCUT2D eigenvalue weighted by Gasteiger charge is -2.39. The minimum Gasteiger partial charge on any atom is -0.382 e. The van der Waals surface area contributed by atoms with Crippen LogP contribution in [0, 0.1) is 5.92 Å². The summed E-state index contributed by atoms with van der Waals surface area (Å²) in [5.41, 5.74) is 0.0850. The van der Waals surface area contributed by atoms with E-state index in [9.17, 15) is 0 Å². The van der Waals surface area contributed by atoms with Gasteiger partial charge in [-0.3, -0.25) is 0 Å². The molecule has 0 atom stereocenters. The first-order valence-electron chi connectivity index (χ1n) is 8.68. The number of rotatable bonds is 11. The third-order valence-electron chi connectivity index (χ3n) is 4.75. The van der Waals surface area contributed by atoms with Gasteiger partial charge in [-0.05, 0) is 50.9 Å². The largest absolute Gasteiger partial charge is 0.382 e. The summed E-state index contributed by atoms with van der Waals surface area (Å²) in [6.45, 7) is 6.34. The lowest BCUT2D eigenvalue weighted by Crippen LogP contribution is -2.46. The predicted molar refractivity (Wildman–Crippen MR) is 84.7 cm³/mol. The van der Waals surface area contributed by atoms with Crippen molar-refractivity contribution in [3.63, 3.8) is 0 Å². The molecular weight excluding hydrogens is 266 g/mol. The molecule has 2 fully saturated rings. The third kappa shape index (κ3) is 6.64. The minimum atomic E-state index is 0.0850. The van der Waals surface area contributed by atoms with Crippen LogP contribution in [0.4, 0.5) is 0 Å². The topological polar surface area (TPSA) is 39.7 Å². The highest BCUT2D eigenvalue weighted by Gasteiger charge is 2.36. The predicted octanol–water partition coefficient (Wildman–Crippen LogP) is 2.76. The van der Waals surface area contributed by atoms with E-state index in [2.05, 4.69) is 12.2 Å². The van der Waals surface area contributed by atoms with Crippen LogP contribution in [0.1, 0.15) is 51.9 Å². The first kappa shape index (κ1) is 17.2. The lowest BCUT2D eigenvalue weighted by molar-refractivity contribution is -0.0809. The van der Waals surface area contributed by atoms with Crippen molar-refractivity contribution in [2.24, 2.45) is 5.92 Å². The van der Waals surface area contributed by atoms with E-state index in [0.717, 1.165) is 38.1 Å². The van der Waals surface area contributed by atoms with Gasteiger partial charge in [0.1, 0.15) is 0 Å². The van der Waals surface area contributed by atoms with Crippen LogP contribution in [0.15, 0.2) is 0 Å². The second-order valence-corrected chi connectivity index (χ2v) is 6.83. The fraction of sp³-hybridized carbons (Fsp3) is 1.00. The van der Waals surface area contributed by atoms with Crippen LogP contribution in [-0.2, 0) is 14.2 Å². The van der Waals surface area contributed by atoms with Crippen LogP contribution in [0.2, 0.25) is 0 Å². The molecule has 4 nitrogen and oxygen atoms in total. The van der Waals surface area contributed by atoms with E-state index in [0.29, 0.717) is 13.2 Å². The zero-order valence-electron chi connectivity index (χ0n) is 13.9. The Balaban J connectivity index is 1.63. The van der Waals surface area contributed by atoms with E-state index in [1.807, 2.05) is 0 Å². The minimum absolute atomic E-state index is 0.0850. The zero-order valence-corrected chi connectivity index (χ0v) is 13.9. The van der Waals surface area contributed by atoms with E-state index >= 15 is 0 Å². The van der Waals surface area contributed by atoms with Crippen molar-refractivity contribution in [1.82, 2.24) is 5.32 Å². The maximum atomic E-state index is 6.33. The van der Waals surface area contributed by atoms with Gasteiger partial charge >= 0.3 is 0 Å². The summed E-state index contributed by atoms with van der Waals surface area (Å²) in [5.74, 6) is 0.861. The molecule has 0 heterocycles. The van der Waals surface area contributed by atoms with E-state index in [1.165, 1.54) is 38.5 Å². The number of nitrogens with one attached hydrogen (secondary N) is 1. The Labute approximate surface area is 129 Å². The summed E-state index contributed by atoms with van der Waals surface area (Å²) in [5, 5.41) is 3.68. The van der Waals surface area contributed by atoms with Crippen LogP contribution < -0.4 is 5.32 Å². The number of hydrogen-bond donors (Lipinski definition) is 1. The highest BCUT2D eigenvalue weighted by atomic mass is 16.5. The molecule has 0 aromatic carbocycles. The van der Waals surface area contributed by atoms with Crippen molar-refractivity contribution in [2.75, 3.05) is 40.1 Å². The molecule has 1 N–H and O–H groups in total. The van der Waals surface area contributed by atoms with Gasteiger partial charge in [-0.2, -0.15) is 0 Å². The Morgan fingerprint density at radius 3 is 2.43 bits per heavy atom. The summed E-state index contributed by atoms with van der Waals surface area (Å²) >= 11 is 0. The summed E-state index contributed by atoms with van der Waals surface area (Å²) in [4.78, 5) is 0. The molecule has 2 aliphatic carbocycles. The van der Waals surface area contributed by atoms with E-state index in [-0.39, 0.29) is 5.60 Å². The summed E-state index contributed by atoms with van der Waals surface area (Å²) < 4.78 is 16.8. The molecule has 0 unspecified atom stereocenters. The van der Waals surface area contributed by atoms with Crippen LogP contribution in [0.5, 0.6) is 0 Å². The fourth-order valence-electron chi connectivity index (χ4n) is 2.97. The molecular formula is C17H33NO3. The van der Waals surface area contributed by atoms with Crippen molar-refractivity contribution < 1.29 is 14.2 Å². The van der Waals surface area contributed by atoms with Crippen LogP contribution in [-0.4, -0.2) is 51.7 Å². The fourth-order valence-corrected chi connectivity index (χ4v) is 2.97. The molecule has 2 aliphatic rings. The van der Waals surface area contributed by atoms with Crippen molar-refractivity contribution in [3.8, 4) is 0 Å². The van der Waals surface area contributed by atoms with Gasteiger partial charge in [0.15, 0.2) is 0 Å². The quantitative estimate of drug-likeness (QED) is 0.596. The van der Waals surface area contributed by atoms with E-state index < -0.39 is 0 Å². The van der Waals surface area contributed by atoms with Gasteiger partial charge in [0, 0.05) is 32.9 Å². The lowest BCUT2D eigenvalue weighted by atomic mass is 9.79. The maximum absolute atomic E-state index is 6.33. The highest BCUT2D eigenvalue weighted by molar-refractivity contribution is 4.92. The molecule has 124 valence electrons. The second kappa shape index (κ2) is 9.09. The molecule has 0 aromatic rings. The first-order valence-corrected chi connectivity index (χ1v) is 8.68. The molecule has 4 heteroatoms. The van der Waals surface area contributed by atoms with Gasteiger partial charge in [-0.25, -0.2) is 0 Å². The van der Waals surface area contributed by atoms with Gasteiger partial charge < -0.3 is 19.5 Å². The normalized spacial score (nSPS) is 29.7. The average Bonchev–Trinajstić information content (AvgIpc) is 3.31. The van der Waals surface area contributed by atoms with Crippen molar-refractivity contribution in [2.45, 2.75) is 63.5 Å². The molecule has 0 bridgehead atoms. The van der Waals surface area contributed by atoms with Crippen molar-refractivity contribution in [1.29, 1.82) is 0 Å². The van der Waals surface area contributed by atoms with E-state index in [4.69, 9.17) is 14.2 Å². The van der Waals surface area contributed by atoms with Crippen LogP contribution in [0.3, 0.4) is 0 Å². The van der Waals surface area contributed by atoms with Gasteiger partial charge in [-0.1, -0.05) is 6.92 Å². The molecule has 0 spiro atoms. The van der Waals surface area contributed by atoms with E-state index in [1.54, 1.807) is 7.11 Å². The monoisotopic (exact) mass is 299 g/mol. The summed E-state index contributed by atoms with van der Waals surface area (Å²) in [6, 6.07) is 0.766. The highest BCUT2D eigenvalue weighted by Crippen LogP contribution is 2.35. The van der Waals surface area contributed by atoms with Crippen molar-refractivity contribution in [3.05, 3.63) is 0 Å². The molecule has 2 rings (SSSR count). The smallest absolute Gasteiger partial charge is 0.0806 e. The summed E-state index contributed by atoms with van der Waals surface area (Å²) in [6.07, 6.45) is 8.69. The molecule has 21 heavy (non-hydrogen) atoms. The number of ether oxygens (including phenoxy) is 3. The molecule has 0 aliphatic heterocycles. The van der Waals surface area contributed by atoms with Gasteiger partial charge in [-0.15, -0.1) is 0 Å². The Hall–Kier alpha value is -0.160.